The van der Waals surface area contributed by atoms with Crippen molar-refractivity contribution in [2.24, 2.45) is 5.92 Å². The number of rotatable bonds is 6. The Balaban J connectivity index is 1.99. The molecule has 1 atom stereocenters. The Hall–Kier alpha value is -2.08. The van der Waals surface area contributed by atoms with Crippen LogP contribution >= 0.6 is 0 Å². The number of fused-ring (bicyclic) bond motifs is 1. The molecule has 0 radical (unpaired) electrons. The molecule has 6 heteroatoms. The number of para-hydroxylation sites is 2. The van der Waals surface area contributed by atoms with E-state index in [2.05, 4.69) is 5.32 Å². The molecule has 2 N–H and O–H groups in total. The Labute approximate surface area is 122 Å². The fourth-order valence-electron chi connectivity index (χ4n) is 2.22. The van der Waals surface area contributed by atoms with Gasteiger partial charge < -0.3 is 14.8 Å². The standard InChI is InChI=1S/C15H20N2O4/c1-10(2)7-11(18)8-16-14(19)9-17-12-5-3-4-6-13(12)21-15(17)20/h3-6,10-11,18H,7-9H2,1-2H3,(H,16,19). The molecule has 2 rings (SSSR count). The summed E-state index contributed by atoms with van der Waals surface area (Å²) in [6.45, 7) is 4.07. The van der Waals surface area contributed by atoms with Crippen LogP contribution in [0, 0.1) is 5.92 Å². The van der Waals surface area contributed by atoms with Crippen molar-refractivity contribution in [2.45, 2.75) is 32.9 Å². The van der Waals surface area contributed by atoms with Gasteiger partial charge in [0.1, 0.15) is 6.54 Å². The number of aliphatic hydroxyl groups excluding tert-OH is 1. The smallest absolute Gasteiger partial charge is 0.408 e. The van der Waals surface area contributed by atoms with Gasteiger partial charge in [-0.3, -0.25) is 9.36 Å². The molecule has 21 heavy (non-hydrogen) atoms. The quantitative estimate of drug-likeness (QED) is 0.835. The van der Waals surface area contributed by atoms with Crippen molar-refractivity contribution in [3.05, 3.63) is 34.8 Å². The van der Waals surface area contributed by atoms with Crippen LogP contribution in [0.15, 0.2) is 33.5 Å². The number of aliphatic hydroxyl groups is 1. The highest BCUT2D eigenvalue weighted by Gasteiger charge is 2.13. The number of amides is 1. The normalized spacial score (nSPS) is 12.8. The van der Waals surface area contributed by atoms with Crippen molar-refractivity contribution >= 4 is 17.0 Å². The summed E-state index contributed by atoms with van der Waals surface area (Å²) in [5.74, 6) is -0.530. The molecule has 114 valence electrons. The lowest BCUT2D eigenvalue weighted by atomic mass is 10.1. The lowest BCUT2D eigenvalue weighted by Crippen LogP contribution is -2.36. The molecule has 1 aromatic carbocycles. The predicted molar refractivity (Wildman–Crippen MR) is 78.9 cm³/mol. The molecule has 1 amide bonds. The Kier molecular flexibility index (Phi) is 4.80. The SMILES string of the molecule is CC(C)CC(O)CNC(=O)Cn1c(=O)oc2ccccc21. The van der Waals surface area contributed by atoms with Crippen LogP contribution in [0.1, 0.15) is 20.3 Å². The number of carbonyl (C=O) groups excluding carboxylic acids is 1. The van der Waals surface area contributed by atoms with Crippen LogP contribution in [0.25, 0.3) is 11.1 Å². The van der Waals surface area contributed by atoms with Gasteiger partial charge in [0, 0.05) is 6.54 Å². The van der Waals surface area contributed by atoms with Gasteiger partial charge in [-0.2, -0.15) is 0 Å². The zero-order valence-electron chi connectivity index (χ0n) is 12.2. The second kappa shape index (κ2) is 6.58. The second-order valence-corrected chi connectivity index (χ2v) is 5.51. The fourth-order valence-corrected chi connectivity index (χ4v) is 2.22. The molecule has 0 saturated carbocycles. The maximum atomic E-state index is 11.9. The van der Waals surface area contributed by atoms with E-state index in [9.17, 15) is 14.7 Å². The number of oxazole rings is 1. The van der Waals surface area contributed by atoms with Crippen LogP contribution in [0.4, 0.5) is 0 Å². The summed E-state index contributed by atoms with van der Waals surface area (Å²) < 4.78 is 6.33. The van der Waals surface area contributed by atoms with Crippen LogP contribution in [0.2, 0.25) is 0 Å². The van der Waals surface area contributed by atoms with Gasteiger partial charge in [-0.05, 0) is 24.5 Å². The van der Waals surface area contributed by atoms with Gasteiger partial charge in [-0.15, -0.1) is 0 Å². The van der Waals surface area contributed by atoms with Crippen LogP contribution in [-0.2, 0) is 11.3 Å². The van der Waals surface area contributed by atoms with E-state index in [1.807, 2.05) is 13.8 Å². The maximum absolute atomic E-state index is 11.9. The summed E-state index contributed by atoms with van der Waals surface area (Å²) in [7, 11) is 0. The van der Waals surface area contributed by atoms with Gasteiger partial charge in [-0.25, -0.2) is 4.79 Å². The molecule has 0 spiro atoms. The minimum Gasteiger partial charge on any atom is -0.408 e. The Morgan fingerprint density at radius 1 is 1.38 bits per heavy atom. The van der Waals surface area contributed by atoms with E-state index < -0.39 is 11.9 Å². The first kappa shape index (κ1) is 15.3. The van der Waals surface area contributed by atoms with Gasteiger partial charge in [-0.1, -0.05) is 26.0 Å². The highest BCUT2D eigenvalue weighted by atomic mass is 16.4. The monoisotopic (exact) mass is 292 g/mol. The average Bonchev–Trinajstić information content (AvgIpc) is 2.72. The van der Waals surface area contributed by atoms with Crippen molar-refractivity contribution in [2.75, 3.05) is 6.54 Å². The highest BCUT2D eigenvalue weighted by molar-refractivity contribution is 5.79. The Morgan fingerprint density at radius 3 is 2.81 bits per heavy atom. The maximum Gasteiger partial charge on any atom is 0.420 e. The fraction of sp³-hybridized carbons (Fsp3) is 0.467. The van der Waals surface area contributed by atoms with E-state index in [0.29, 0.717) is 23.4 Å². The highest BCUT2D eigenvalue weighted by Crippen LogP contribution is 2.11. The topological polar surface area (TPSA) is 84.5 Å². The molecule has 0 saturated heterocycles. The summed E-state index contributed by atoms with van der Waals surface area (Å²) in [5.41, 5.74) is 1.04. The first-order chi connectivity index (χ1) is 9.97. The number of aromatic nitrogens is 1. The van der Waals surface area contributed by atoms with Crippen LogP contribution in [0.3, 0.4) is 0 Å². The van der Waals surface area contributed by atoms with E-state index in [1.54, 1.807) is 24.3 Å². The largest absolute Gasteiger partial charge is 0.420 e. The van der Waals surface area contributed by atoms with E-state index in [0.717, 1.165) is 0 Å². The molecule has 0 aliphatic rings. The minimum atomic E-state index is -0.577. The molecular weight excluding hydrogens is 272 g/mol. The Morgan fingerprint density at radius 2 is 2.10 bits per heavy atom. The summed E-state index contributed by atoms with van der Waals surface area (Å²) in [6, 6.07) is 6.94. The zero-order chi connectivity index (χ0) is 15.4. The van der Waals surface area contributed by atoms with Crippen molar-refractivity contribution in [1.82, 2.24) is 9.88 Å². The molecule has 1 heterocycles. The molecule has 0 fully saturated rings. The van der Waals surface area contributed by atoms with Crippen molar-refractivity contribution in [1.29, 1.82) is 0 Å². The van der Waals surface area contributed by atoms with Gasteiger partial charge in [0.05, 0.1) is 11.6 Å². The van der Waals surface area contributed by atoms with E-state index in [-0.39, 0.29) is 19.0 Å². The van der Waals surface area contributed by atoms with Crippen molar-refractivity contribution < 1.29 is 14.3 Å². The third-order valence-corrected chi connectivity index (χ3v) is 3.15. The van der Waals surface area contributed by atoms with E-state index >= 15 is 0 Å². The van der Waals surface area contributed by atoms with Crippen LogP contribution < -0.4 is 11.1 Å². The summed E-state index contributed by atoms with van der Waals surface area (Å²) in [4.78, 5) is 23.6. The molecule has 6 nitrogen and oxygen atoms in total. The number of nitrogens with one attached hydrogen (secondary N) is 1. The minimum absolute atomic E-state index is 0.121. The average molecular weight is 292 g/mol. The molecule has 1 aromatic heterocycles. The molecule has 0 aliphatic carbocycles. The van der Waals surface area contributed by atoms with Gasteiger partial charge in [0.25, 0.3) is 0 Å². The lowest BCUT2D eigenvalue weighted by molar-refractivity contribution is -0.122. The lowest BCUT2D eigenvalue weighted by Gasteiger charge is -2.13. The van der Waals surface area contributed by atoms with Gasteiger partial charge in [0.15, 0.2) is 5.58 Å². The van der Waals surface area contributed by atoms with Crippen LogP contribution in [-0.4, -0.2) is 28.2 Å². The van der Waals surface area contributed by atoms with Gasteiger partial charge in [0.2, 0.25) is 5.91 Å². The molecule has 0 aliphatic heterocycles. The number of hydrogen-bond acceptors (Lipinski definition) is 4. The second-order valence-electron chi connectivity index (χ2n) is 5.51. The first-order valence-electron chi connectivity index (χ1n) is 7.00. The number of carbonyl (C=O) groups is 1. The molecular formula is C15H20N2O4. The molecule has 2 aromatic rings. The summed E-state index contributed by atoms with van der Waals surface area (Å²) in [5, 5.41) is 12.3. The summed E-state index contributed by atoms with van der Waals surface area (Å²) in [6.07, 6.45) is 0.0428. The van der Waals surface area contributed by atoms with Gasteiger partial charge >= 0.3 is 5.76 Å². The van der Waals surface area contributed by atoms with Crippen molar-refractivity contribution in [3.8, 4) is 0 Å². The van der Waals surface area contributed by atoms with Crippen molar-refractivity contribution in [3.63, 3.8) is 0 Å². The van der Waals surface area contributed by atoms with E-state index in [1.165, 1.54) is 4.57 Å². The van der Waals surface area contributed by atoms with Crippen LogP contribution in [0.5, 0.6) is 0 Å². The Bertz CT molecular complexity index is 672. The third-order valence-electron chi connectivity index (χ3n) is 3.15. The number of hydrogen-bond donors (Lipinski definition) is 2. The summed E-state index contributed by atoms with van der Waals surface area (Å²) >= 11 is 0. The third kappa shape index (κ3) is 3.95. The number of nitrogens with zero attached hydrogens (tertiary/aromatic N) is 1. The zero-order valence-corrected chi connectivity index (χ0v) is 12.2. The molecule has 1 unspecified atom stereocenters. The van der Waals surface area contributed by atoms with E-state index in [4.69, 9.17) is 4.42 Å². The first-order valence-corrected chi connectivity index (χ1v) is 7.00. The molecule has 0 bridgehead atoms. The number of benzene rings is 1. The predicted octanol–water partition coefficient (Wildman–Crippen LogP) is 1.12.